The summed E-state index contributed by atoms with van der Waals surface area (Å²) in [6.07, 6.45) is 4.26. The van der Waals surface area contributed by atoms with Gasteiger partial charge in [0.15, 0.2) is 5.82 Å². The van der Waals surface area contributed by atoms with Gasteiger partial charge in [-0.25, -0.2) is 4.98 Å². The van der Waals surface area contributed by atoms with Gasteiger partial charge in [0.05, 0.1) is 7.11 Å². The second-order valence-electron chi connectivity index (χ2n) is 6.72. The predicted octanol–water partition coefficient (Wildman–Crippen LogP) is 2.54. The van der Waals surface area contributed by atoms with E-state index >= 15 is 0 Å². The summed E-state index contributed by atoms with van der Waals surface area (Å²) >= 11 is 0. The van der Waals surface area contributed by atoms with E-state index in [4.69, 9.17) is 4.74 Å². The summed E-state index contributed by atoms with van der Waals surface area (Å²) in [5.41, 5.74) is 1.14. The Hall–Kier alpha value is -2.37. The van der Waals surface area contributed by atoms with Crippen LogP contribution in [0.5, 0.6) is 5.75 Å². The van der Waals surface area contributed by atoms with Crippen LogP contribution in [0.15, 0.2) is 24.3 Å². The van der Waals surface area contributed by atoms with Crippen molar-refractivity contribution in [3.05, 3.63) is 41.5 Å². The summed E-state index contributed by atoms with van der Waals surface area (Å²) in [6, 6.07) is 7.93. The maximum atomic E-state index is 12.5. The Morgan fingerprint density at radius 3 is 2.84 bits per heavy atom. The van der Waals surface area contributed by atoms with Crippen molar-refractivity contribution < 1.29 is 9.53 Å². The van der Waals surface area contributed by atoms with Crippen LogP contribution in [-0.4, -0.2) is 46.2 Å². The lowest BCUT2D eigenvalue weighted by molar-refractivity contribution is -0.132. The third-order valence-corrected chi connectivity index (χ3v) is 4.84. The van der Waals surface area contributed by atoms with Gasteiger partial charge in [0.2, 0.25) is 5.91 Å². The van der Waals surface area contributed by atoms with E-state index < -0.39 is 0 Å². The maximum absolute atomic E-state index is 12.5. The van der Waals surface area contributed by atoms with Crippen molar-refractivity contribution in [3.63, 3.8) is 0 Å². The molecule has 1 aromatic heterocycles. The number of likely N-dealkylation sites (tertiary alicyclic amines) is 1. The highest BCUT2D eigenvalue weighted by Crippen LogP contribution is 2.21. The van der Waals surface area contributed by atoms with Gasteiger partial charge < -0.3 is 9.64 Å². The number of nitrogens with one attached hydrogen (secondary N) is 1. The van der Waals surface area contributed by atoms with Crippen molar-refractivity contribution in [1.82, 2.24) is 20.1 Å². The van der Waals surface area contributed by atoms with Crippen LogP contribution >= 0.6 is 0 Å². The highest BCUT2D eigenvalue weighted by molar-refractivity contribution is 5.76. The number of aryl methyl sites for hydroxylation is 2. The fraction of sp³-hybridized carbons (Fsp3) is 0.526. The lowest BCUT2D eigenvalue weighted by Gasteiger charge is -2.31. The molecule has 6 heteroatoms. The van der Waals surface area contributed by atoms with Crippen molar-refractivity contribution in [2.24, 2.45) is 5.92 Å². The zero-order valence-electron chi connectivity index (χ0n) is 15.0. The molecule has 1 N–H and O–H groups in total. The zero-order chi connectivity index (χ0) is 17.6. The van der Waals surface area contributed by atoms with Gasteiger partial charge in [-0.1, -0.05) is 12.1 Å². The Morgan fingerprint density at radius 1 is 1.36 bits per heavy atom. The van der Waals surface area contributed by atoms with Crippen LogP contribution in [0.3, 0.4) is 0 Å². The number of piperidine rings is 1. The molecule has 0 spiro atoms. The molecule has 0 unspecified atom stereocenters. The third-order valence-electron chi connectivity index (χ3n) is 4.84. The monoisotopic (exact) mass is 342 g/mol. The Bertz CT molecular complexity index is 705. The van der Waals surface area contributed by atoms with Gasteiger partial charge in [0.1, 0.15) is 11.6 Å². The van der Waals surface area contributed by atoms with Crippen LogP contribution in [0.25, 0.3) is 0 Å². The van der Waals surface area contributed by atoms with Crippen molar-refractivity contribution in [3.8, 4) is 5.75 Å². The summed E-state index contributed by atoms with van der Waals surface area (Å²) in [5.74, 6) is 3.40. The molecule has 1 fully saturated rings. The number of aromatic nitrogens is 3. The molecule has 0 atom stereocenters. The largest absolute Gasteiger partial charge is 0.497 e. The molecule has 0 aliphatic carbocycles. The molecule has 1 saturated heterocycles. The van der Waals surface area contributed by atoms with Crippen LogP contribution in [0.1, 0.15) is 36.5 Å². The predicted molar refractivity (Wildman–Crippen MR) is 95.4 cm³/mol. The molecular weight excluding hydrogens is 316 g/mol. The molecule has 2 heterocycles. The average Bonchev–Trinajstić information content (AvgIpc) is 3.05. The topological polar surface area (TPSA) is 71.1 Å². The minimum absolute atomic E-state index is 0.245. The van der Waals surface area contributed by atoms with E-state index in [9.17, 15) is 4.79 Å². The molecule has 1 aliphatic heterocycles. The number of benzene rings is 1. The number of carbonyl (C=O) groups is 1. The number of H-pyrrole nitrogens is 1. The number of hydrogen-bond donors (Lipinski definition) is 1. The SMILES string of the molecule is COc1cccc(CCC(=O)N2CCC(Cc3n[nH]c(C)n3)CC2)c1. The number of hydrogen-bond acceptors (Lipinski definition) is 4. The summed E-state index contributed by atoms with van der Waals surface area (Å²) in [6.45, 7) is 3.59. The van der Waals surface area contributed by atoms with Crippen molar-refractivity contribution in [1.29, 1.82) is 0 Å². The molecule has 1 aromatic carbocycles. The Morgan fingerprint density at radius 2 is 2.16 bits per heavy atom. The summed E-state index contributed by atoms with van der Waals surface area (Å²) in [5, 5.41) is 7.11. The van der Waals surface area contributed by atoms with Crippen LogP contribution in [-0.2, 0) is 17.6 Å². The van der Waals surface area contributed by atoms with E-state index in [0.29, 0.717) is 12.3 Å². The highest BCUT2D eigenvalue weighted by Gasteiger charge is 2.23. The molecule has 3 rings (SSSR count). The van der Waals surface area contributed by atoms with E-state index in [1.165, 1.54) is 0 Å². The van der Waals surface area contributed by atoms with Crippen molar-refractivity contribution >= 4 is 5.91 Å². The molecule has 6 nitrogen and oxygen atoms in total. The van der Waals surface area contributed by atoms with E-state index in [1.54, 1.807) is 7.11 Å². The molecule has 1 aliphatic rings. The number of methoxy groups -OCH3 is 1. The molecule has 0 bridgehead atoms. The fourth-order valence-electron chi connectivity index (χ4n) is 3.36. The lowest BCUT2D eigenvalue weighted by atomic mass is 9.93. The van der Waals surface area contributed by atoms with Gasteiger partial charge in [-0.3, -0.25) is 9.89 Å². The van der Waals surface area contributed by atoms with E-state index in [-0.39, 0.29) is 5.91 Å². The number of rotatable bonds is 6. The van der Waals surface area contributed by atoms with Gasteiger partial charge in [-0.05, 0) is 49.8 Å². The fourth-order valence-corrected chi connectivity index (χ4v) is 3.36. The second-order valence-corrected chi connectivity index (χ2v) is 6.72. The summed E-state index contributed by atoms with van der Waals surface area (Å²) in [7, 11) is 1.66. The van der Waals surface area contributed by atoms with Crippen LogP contribution in [0.4, 0.5) is 0 Å². The number of aromatic amines is 1. The molecule has 2 aromatic rings. The lowest BCUT2D eigenvalue weighted by Crippen LogP contribution is -2.39. The maximum Gasteiger partial charge on any atom is 0.222 e. The first-order chi connectivity index (χ1) is 12.1. The minimum atomic E-state index is 0.245. The summed E-state index contributed by atoms with van der Waals surface area (Å²) in [4.78, 5) is 18.8. The highest BCUT2D eigenvalue weighted by atomic mass is 16.5. The molecular formula is C19H26N4O2. The van der Waals surface area contributed by atoms with Crippen LogP contribution < -0.4 is 4.74 Å². The standard InChI is InChI=1S/C19H26N4O2/c1-14-20-18(22-21-14)13-16-8-10-23(11-9-16)19(24)7-6-15-4-3-5-17(12-15)25-2/h3-5,12,16H,6-11,13H2,1-2H3,(H,20,21,22). The van der Waals surface area contributed by atoms with Gasteiger partial charge in [-0.2, -0.15) is 5.10 Å². The smallest absolute Gasteiger partial charge is 0.222 e. The van der Waals surface area contributed by atoms with E-state index in [1.807, 2.05) is 36.1 Å². The zero-order valence-corrected chi connectivity index (χ0v) is 15.0. The number of nitrogens with zero attached hydrogens (tertiary/aromatic N) is 3. The molecule has 0 radical (unpaired) electrons. The first kappa shape index (κ1) is 17.5. The van der Waals surface area contributed by atoms with Gasteiger partial charge in [-0.15, -0.1) is 0 Å². The Kier molecular flexibility index (Phi) is 5.68. The van der Waals surface area contributed by atoms with Crippen LogP contribution in [0, 0.1) is 12.8 Å². The van der Waals surface area contributed by atoms with Crippen molar-refractivity contribution in [2.75, 3.05) is 20.2 Å². The number of ether oxygens (including phenoxy) is 1. The second kappa shape index (κ2) is 8.14. The molecule has 1 amide bonds. The quantitative estimate of drug-likeness (QED) is 0.876. The molecule has 25 heavy (non-hydrogen) atoms. The third kappa shape index (κ3) is 4.81. The average molecular weight is 342 g/mol. The van der Waals surface area contributed by atoms with E-state index in [2.05, 4.69) is 15.2 Å². The van der Waals surface area contributed by atoms with Gasteiger partial charge in [0, 0.05) is 25.9 Å². The first-order valence-electron chi connectivity index (χ1n) is 8.92. The first-order valence-corrected chi connectivity index (χ1v) is 8.92. The minimum Gasteiger partial charge on any atom is -0.497 e. The van der Waals surface area contributed by atoms with Gasteiger partial charge in [0.25, 0.3) is 0 Å². The molecule has 0 saturated carbocycles. The Labute approximate surface area is 148 Å². The Balaban J connectivity index is 1.43. The van der Waals surface area contributed by atoms with Gasteiger partial charge >= 0.3 is 0 Å². The van der Waals surface area contributed by atoms with Crippen LogP contribution in [0.2, 0.25) is 0 Å². The molecule has 134 valence electrons. The summed E-state index contributed by atoms with van der Waals surface area (Å²) < 4.78 is 5.23. The normalized spacial score (nSPS) is 15.4. The van der Waals surface area contributed by atoms with Crippen molar-refractivity contribution in [2.45, 2.75) is 39.0 Å². The number of amides is 1. The van der Waals surface area contributed by atoms with E-state index in [0.717, 1.165) is 61.7 Å². The number of carbonyl (C=O) groups excluding carboxylic acids is 1.